The van der Waals surface area contributed by atoms with Crippen LogP contribution in [0.15, 0.2) is 23.1 Å². The van der Waals surface area contributed by atoms with E-state index in [1.807, 2.05) is 4.72 Å². The van der Waals surface area contributed by atoms with E-state index >= 15 is 0 Å². The molecule has 0 spiro atoms. The molecule has 112 valence electrons. The molecule has 8 heteroatoms. The van der Waals surface area contributed by atoms with Crippen molar-refractivity contribution in [1.29, 1.82) is 0 Å². The predicted octanol–water partition coefficient (Wildman–Crippen LogP) is 0.902. The van der Waals surface area contributed by atoms with E-state index in [0.29, 0.717) is 5.56 Å². The zero-order valence-electron chi connectivity index (χ0n) is 11.1. The fraction of sp³-hybridized carbons (Fsp3) is 0.417. The number of rotatable bonds is 7. The fourth-order valence-corrected chi connectivity index (χ4v) is 2.70. The van der Waals surface area contributed by atoms with Crippen LogP contribution in [0.25, 0.3) is 0 Å². The summed E-state index contributed by atoms with van der Waals surface area (Å²) < 4.78 is 44.1. The SMILES string of the molecule is COCCC(NS(=O)(=O)c1ccc(C)c(F)c1)C(=O)O. The second-order valence-electron chi connectivity index (χ2n) is 4.20. The zero-order valence-corrected chi connectivity index (χ0v) is 11.9. The van der Waals surface area contributed by atoms with Crippen LogP contribution in [-0.4, -0.2) is 39.3 Å². The average Bonchev–Trinajstić information content (AvgIpc) is 2.37. The van der Waals surface area contributed by atoms with Gasteiger partial charge >= 0.3 is 5.97 Å². The third-order valence-electron chi connectivity index (χ3n) is 2.66. The number of aliphatic carboxylic acids is 1. The minimum atomic E-state index is -4.10. The number of benzene rings is 1. The highest BCUT2D eigenvalue weighted by molar-refractivity contribution is 7.89. The monoisotopic (exact) mass is 305 g/mol. The topological polar surface area (TPSA) is 92.7 Å². The van der Waals surface area contributed by atoms with Gasteiger partial charge in [0.25, 0.3) is 0 Å². The fourth-order valence-electron chi connectivity index (χ4n) is 1.46. The number of carbonyl (C=O) groups is 1. The molecule has 1 unspecified atom stereocenters. The highest BCUT2D eigenvalue weighted by atomic mass is 32.2. The van der Waals surface area contributed by atoms with Gasteiger partial charge < -0.3 is 9.84 Å². The molecule has 1 atom stereocenters. The molecule has 0 aromatic heterocycles. The van der Waals surface area contributed by atoms with Gasteiger partial charge in [0, 0.05) is 13.7 Å². The standard InChI is InChI=1S/C12H16FNO5S/c1-8-3-4-9(7-10(8)13)20(17,18)14-11(12(15)16)5-6-19-2/h3-4,7,11,14H,5-6H2,1-2H3,(H,15,16). The maximum Gasteiger partial charge on any atom is 0.321 e. The summed E-state index contributed by atoms with van der Waals surface area (Å²) in [5, 5.41) is 8.95. The van der Waals surface area contributed by atoms with Crippen LogP contribution >= 0.6 is 0 Å². The summed E-state index contributed by atoms with van der Waals surface area (Å²) in [5.41, 5.74) is 0.304. The van der Waals surface area contributed by atoms with Crippen molar-refractivity contribution in [3.8, 4) is 0 Å². The van der Waals surface area contributed by atoms with Crippen LogP contribution in [0.3, 0.4) is 0 Å². The van der Waals surface area contributed by atoms with Gasteiger partial charge in [-0.1, -0.05) is 6.07 Å². The minimum absolute atomic E-state index is 0.0284. The van der Waals surface area contributed by atoms with Gasteiger partial charge in [-0.15, -0.1) is 0 Å². The normalized spacial score (nSPS) is 13.2. The van der Waals surface area contributed by atoms with Gasteiger partial charge in [-0.2, -0.15) is 4.72 Å². The number of aryl methyl sites for hydroxylation is 1. The van der Waals surface area contributed by atoms with E-state index in [1.54, 1.807) is 0 Å². The van der Waals surface area contributed by atoms with Gasteiger partial charge in [0.2, 0.25) is 10.0 Å². The van der Waals surface area contributed by atoms with Crippen molar-refractivity contribution in [1.82, 2.24) is 4.72 Å². The van der Waals surface area contributed by atoms with E-state index in [9.17, 15) is 17.6 Å². The first kappa shape index (κ1) is 16.5. The first-order valence-electron chi connectivity index (χ1n) is 5.78. The first-order chi connectivity index (χ1) is 9.27. The number of methoxy groups -OCH3 is 1. The van der Waals surface area contributed by atoms with Crippen molar-refractivity contribution in [2.45, 2.75) is 24.3 Å². The van der Waals surface area contributed by atoms with Crippen molar-refractivity contribution in [2.24, 2.45) is 0 Å². The van der Waals surface area contributed by atoms with E-state index in [0.717, 1.165) is 6.07 Å². The highest BCUT2D eigenvalue weighted by Gasteiger charge is 2.25. The summed E-state index contributed by atoms with van der Waals surface area (Å²) in [6.45, 7) is 1.58. The van der Waals surface area contributed by atoms with E-state index in [-0.39, 0.29) is 17.9 Å². The number of nitrogens with one attached hydrogen (secondary N) is 1. The third kappa shape index (κ3) is 4.26. The average molecular weight is 305 g/mol. The van der Waals surface area contributed by atoms with Gasteiger partial charge in [0.1, 0.15) is 11.9 Å². The minimum Gasteiger partial charge on any atom is -0.480 e. The molecule has 0 bridgehead atoms. The third-order valence-corrected chi connectivity index (χ3v) is 4.13. The van der Waals surface area contributed by atoms with Crippen LogP contribution in [0.4, 0.5) is 4.39 Å². The van der Waals surface area contributed by atoms with Gasteiger partial charge in [-0.05, 0) is 31.0 Å². The molecule has 0 heterocycles. The van der Waals surface area contributed by atoms with Crippen LogP contribution in [0.2, 0.25) is 0 Å². The lowest BCUT2D eigenvalue weighted by atomic mass is 10.2. The maximum atomic E-state index is 13.4. The first-order valence-corrected chi connectivity index (χ1v) is 7.26. The summed E-state index contributed by atoms with van der Waals surface area (Å²) in [4.78, 5) is 10.7. The molecule has 1 aromatic carbocycles. The predicted molar refractivity (Wildman–Crippen MR) is 69.4 cm³/mol. The van der Waals surface area contributed by atoms with Gasteiger partial charge in [0.15, 0.2) is 0 Å². The Morgan fingerprint density at radius 2 is 2.15 bits per heavy atom. The molecule has 0 saturated heterocycles. The van der Waals surface area contributed by atoms with Crippen LogP contribution in [0.1, 0.15) is 12.0 Å². The zero-order chi connectivity index (χ0) is 15.3. The Morgan fingerprint density at radius 3 is 2.65 bits per heavy atom. The molecule has 0 amide bonds. The molecular weight excluding hydrogens is 289 g/mol. The van der Waals surface area contributed by atoms with Crippen molar-refractivity contribution >= 4 is 16.0 Å². The maximum absolute atomic E-state index is 13.4. The van der Waals surface area contributed by atoms with Crippen molar-refractivity contribution in [3.05, 3.63) is 29.6 Å². The Morgan fingerprint density at radius 1 is 1.50 bits per heavy atom. The summed E-state index contributed by atoms with van der Waals surface area (Å²) >= 11 is 0. The molecule has 0 aliphatic carbocycles. The van der Waals surface area contributed by atoms with E-state index < -0.39 is 27.9 Å². The lowest BCUT2D eigenvalue weighted by molar-refractivity contribution is -0.139. The summed E-state index contributed by atoms with van der Waals surface area (Å²) in [7, 11) is -2.72. The molecule has 2 N–H and O–H groups in total. The Labute approximate surface area is 116 Å². The van der Waals surface area contributed by atoms with Gasteiger partial charge in [-0.3, -0.25) is 4.79 Å². The number of hydrogen-bond donors (Lipinski definition) is 2. The van der Waals surface area contributed by atoms with Crippen LogP contribution in [0.5, 0.6) is 0 Å². The Hall–Kier alpha value is -1.51. The lowest BCUT2D eigenvalue weighted by Crippen LogP contribution is -2.41. The number of carboxylic acid groups (broad SMARTS) is 1. The summed E-state index contributed by atoms with van der Waals surface area (Å²) in [5.74, 6) is -1.99. The molecule has 20 heavy (non-hydrogen) atoms. The van der Waals surface area contributed by atoms with Crippen LogP contribution in [-0.2, 0) is 19.6 Å². The second kappa shape index (κ2) is 6.78. The van der Waals surface area contributed by atoms with E-state index in [4.69, 9.17) is 9.84 Å². The van der Waals surface area contributed by atoms with Gasteiger partial charge in [0.05, 0.1) is 4.90 Å². The number of halogens is 1. The number of carboxylic acids is 1. The molecule has 1 aromatic rings. The molecule has 0 radical (unpaired) electrons. The Kier molecular flexibility index (Phi) is 5.61. The second-order valence-corrected chi connectivity index (χ2v) is 5.92. The van der Waals surface area contributed by atoms with E-state index in [1.165, 1.54) is 26.2 Å². The van der Waals surface area contributed by atoms with Gasteiger partial charge in [-0.25, -0.2) is 12.8 Å². The Bertz CT molecular complexity index is 588. The number of ether oxygens (including phenoxy) is 1. The lowest BCUT2D eigenvalue weighted by Gasteiger charge is -2.14. The van der Waals surface area contributed by atoms with Crippen LogP contribution < -0.4 is 4.72 Å². The highest BCUT2D eigenvalue weighted by Crippen LogP contribution is 2.15. The number of sulfonamides is 1. The van der Waals surface area contributed by atoms with E-state index in [2.05, 4.69) is 0 Å². The molecule has 0 fully saturated rings. The molecule has 6 nitrogen and oxygen atoms in total. The number of hydrogen-bond acceptors (Lipinski definition) is 4. The molecule has 0 aliphatic heterocycles. The largest absolute Gasteiger partial charge is 0.480 e. The van der Waals surface area contributed by atoms with Crippen molar-refractivity contribution < 1.29 is 27.4 Å². The molecule has 0 saturated carbocycles. The summed E-state index contributed by atoms with van der Waals surface area (Å²) in [6, 6.07) is 2.06. The Balaban J connectivity index is 2.97. The van der Waals surface area contributed by atoms with Crippen molar-refractivity contribution in [2.75, 3.05) is 13.7 Å². The van der Waals surface area contributed by atoms with Crippen molar-refractivity contribution in [3.63, 3.8) is 0 Å². The molecule has 0 aliphatic rings. The van der Waals surface area contributed by atoms with Crippen LogP contribution in [0, 0.1) is 12.7 Å². The molecular formula is C12H16FNO5S. The summed E-state index contributed by atoms with van der Waals surface area (Å²) in [6.07, 6.45) is -0.0284. The quantitative estimate of drug-likeness (QED) is 0.781. The smallest absolute Gasteiger partial charge is 0.321 e. The molecule has 1 rings (SSSR count).